The molecular formula is C30H35N7O2. The molecule has 0 radical (unpaired) electrons. The van der Waals surface area contributed by atoms with E-state index in [1.807, 2.05) is 61.8 Å². The van der Waals surface area contributed by atoms with E-state index in [-0.39, 0.29) is 30.5 Å². The molecule has 2 aliphatic rings. The highest BCUT2D eigenvalue weighted by Gasteiger charge is 2.36. The van der Waals surface area contributed by atoms with Crippen LogP contribution in [0.1, 0.15) is 66.7 Å². The maximum Gasteiger partial charge on any atom is 0.263 e. The number of amides is 1. The van der Waals surface area contributed by atoms with Crippen molar-refractivity contribution >= 4 is 23.4 Å². The Morgan fingerprint density at radius 1 is 1.18 bits per heavy atom. The monoisotopic (exact) mass is 525 g/mol. The fourth-order valence-corrected chi connectivity index (χ4v) is 5.42. The summed E-state index contributed by atoms with van der Waals surface area (Å²) in [5, 5.41) is 8.09. The maximum absolute atomic E-state index is 13.4. The molecule has 9 heteroatoms. The topological polar surface area (TPSA) is 97.4 Å². The van der Waals surface area contributed by atoms with Gasteiger partial charge >= 0.3 is 0 Å². The van der Waals surface area contributed by atoms with Crippen molar-refractivity contribution in [2.24, 2.45) is 5.92 Å². The van der Waals surface area contributed by atoms with Crippen molar-refractivity contribution in [1.29, 1.82) is 0 Å². The smallest absolute Gasteiger partial charge is 0.263 e. The van der Waals surface area contributed by atoms with Crippen LogP contribution in [-0.2, 0) is 6.54 Å². The molecule has 4 aromatic heterocycles. The zero-order chi connectivity index (χ0) is 27.1. The predicted molar refractivity (Wildman–Crippen MR) is 153 cm³/mol. The van der Waals surface area contributed by atoms with Crippen LogP contribution < -0.4 is 15.8 Å². The maximum atomic E-state index is 13.4. The normalized spacial score (nSPS) is 19.3. The summed E-state index contributed by atoms with van der Waals surface area (Å²) in [7, 11) is 0. The second-order valence-corrected chi connectivity index (χ2v) is 10.5. The van der Waals surface area contributed by atoms with Crippen LogP contribution in [0.2, 0.25) is 0 Å². The van der Waals surface area contributed by atoms with Crippen LogP contribution >= 0.6 is 0 Å². The Kier molecular flexibility index (Phi) is 6.50. The summed E-state index contributed by atoms with van der Waals surface area (Å²) >= 11 is 0. The number of nitrogens with zero attached hydrogens (tertiary/aromatic N) is 6. The van der Waals surface area contributed by atoms with E-state index in [9.17, 15) is 9.59 Å². The quantitative estimate of drug-likeness (QED) is 0.386. The number of aromatic nitrogens is 5. The summed E-state index contributed by atoms with van der Waals surface area (Å²) in [5.41, 5.74) is 4.37. The first-order valence-electron chi connectivity index (χ1n) is 13.7. The molecule has 1 saturated carbocycles. The number of hydrogen-bond acceptors (Lipinski definition) is 6. The molecule has 0 spiro atoms. The Labute approximate surface area is 228 Å². The van der Waals surface area contributed by atoms with Crippen LogP contribution in [0, 0.1) is 19.8 Å². The minimum Gasteiger partial charge on any atom is -0.347 e. The van der Waals surface area contributed by atoms with E-state index in [4.69, 9.17) is 5.10 Å². The van der Waals surface area contributed by atoms with Gasteiger partial charge in [-0.1, -0.05) is 12.1 Å². The van der Waals surface area contributed by atoms with E-state index in [2.05, 4.69) is 32.3 Å². The van der Waals surface area contributed by atoms with Gasteiger partial charge in [0.25, 0.3) is 11.5 Å². The Hall–Kier alpha value is -4.27. The highest BCUT2D eigenvalue weighted by atomic mass is 16.2. The molecule has 4 aromatic rings. The molecular weight excluding hydrogens is 490 g/mol. The van der Waals surface area contributed by atoms with Gasteiger partial charge in [0.15, 0.2) is 5.65 Å². The lowest BCUT2D eigenvalue weighted by Crippen LogP contribution is -2.41. The van der Waals surface area contributed by atoms with Crippen molar-refractivity contribution in [2.45, 2.75) is 58.7 Å². The fourth-order valence-electron chi connectivity index (χ4n) is 5.42. The fraction of sp³-hybridized carbons (Fsp3) is 0.367. The van der Waals surface area contributed by atoms with Crippen molar-refractivity contribution in [3.63, 3.8) is 0 Å². The number of pyridine rings is 2. The summed E-state index contributed by atoms with van der Waals surface area (Å²) in [6.45, 7) is 6.81. The van der Waals surface area contributed by atoms with Crippen molar-refractivity contribution < 1.29 is 6.22 Å². The Morgan fingerprint density at radius 2 is 2.03 bits per heavy atom. The third-order valence-corrected chi connectivity index (χ3v) is 7.87. The molecule has 9 nitrogen and oxygen atoms in total. The second kappa shape index (κ2) is 10.1. The standard InChI is InChI=1S/C30H33N7O2.H2/c1-4-35-20(3)19(2)15-24(30(35)39)29(38)33-22-16-26(25-7-5-6-14-31-25)36(18-22)28-13-12-27-32-17-23(37(27)34-28)11-10-21-8-9-21;/h5-7,10-15,17,21-22,26H,4,8-9,16,18H2,1-3H3,(H,33,38);1H/b11-10+;/t22-,26+;/m0./s1. The summed E-state index contributed by atoms with van der Waals surface area (Å²) in [4.78, 5) is 37.7. The zero-order valence-corrected chi connectivity index (χ0v) is 22.5. The third kappa shape index (κ3) is 4.84. The van der Waals surface area contributed by atoms with Crippen LogP contribution in [0.3, 0.4) is 0 Å². The first-order valence-corrected chi connectivity index (χ1v) is 13.7. The third-order valence-electron chi connectivity index (χ3n) is 7.87. The van der Waals surface area contributed by atoms with E-state index < -0.39 is 0 Å². The molecule has 1 saturated heterocycles. The highest BCUT2D eigenvalue weighted by Crippen LogP contribution is 2.35. The van der Waals surface area contributed by atoms with E-state index in [1.165, 1.54) is 12.8 Å². The summed E-state index contributed by atoms with van der Waals surface area (Å²) in [6, 6.07) is 11.3. The minimum atomic E-state index is -0.345. The Balaban J connectivity index is 0.00000323. The number of fused-ring (bicyclic) bond motifs is 1. The van der Waals surface area contributed by atoms with Gasteiger partial charge in [0, 0.05) is 32.4 Å². The number of anilines is 1. The first kappa shape index (κ1) is 25.0. The summed E-state index contributed by atoms with van der Waals surface area (Å²) in [6.07, 6.45) is 11.1. The Morgan fingerprint density at radius 3 is 2.77 bits per heavy atom. The van der Waals surface area contributed by atoms with Crippen LogP contribution in [-0.4, -0.2) is 42.6 Å². The lowest BCUT2D eigenvalue weighted by Gasteiger charge is -2.25. The number of hydrogen-bond donors (Lipinski definition) is 1. The van der Waals surface area contributed by atoms with Crippen molar-refractivity contribution in [2.75, 3.05) is 11.4 Å². The number of allylic oxidation sites excluding steroid dienone is 1. The van der Waals surface area contributed by atoms with Gasteiger partial charge in [-0.2, -0.15) is 0 Å². The number of aryl methyl sites for hydroxylation is 1. The molecule has 5 heterocycles. The molecule has 0 aromatic carbocycles. The number of carbonyl (C=O) groups is 1. The second-order valence-electron chi connectivity index (χ2n) is 10.5. The van der Waals surface area contributed by atoms with E-state index in [1.54, 1.807) is 16.8 Å². The van der Waals surface area contributed by atoms with Crippen LogP contribution in [0.25, 0.3) is 11.7 Å². The summed E-state index contributed by atoms with van der Waals surface area (Å²) < 4.78 is 3.53. The molecule has 1 amide bonds. The lowest BCUT2D eigenvalue weighted by molar-refractivity contribution is 0.0937. The Bertz CT molecular complexity index is 1620. The van der Waals surface area contributed by atoms with Gasteiger partial charge in [-0.25, -0.2) is 9.50 Å². The molecule has 1 aliphatic carbocycles. The van der Waals surface area contributed by atoms with Crippen molar-refractivity contribution in [3.8, 4) is 0 Å². The molecule has 0 unspecified atom stereocenters. The SMILES string of the molecule is CCn1c(C)c(C)cc(C(=O)N[C@H]2C[C@H](c3ccccn3)N(c3ccc4ncc(/C=C/C5CC5)n4n3)C2)c1=O.[HH]. The number of rotatable bonds is 7. The lowest BCUT2D eigenvalue weighted by atomic mass is 10.1. The van der Waals surface area contributed by atoms with E-state index >= 15 is 0 Å². The number of nitrogens with one attached hydrogen (secondary N) is 1. The molecule has 1 aliphatic heterocycles. The largest absolute Gasteiger partial charge is 0.347 e. The van der Waals surface area contributed by atoms with Crippen LogP contribution in [0.4, 0.5) is 5.82 Å². The molecule has 202 valence electrons. The molecule has 2 atom stereocenters. The predicted octanol–water partition coefficient (Wildman–Crippen LogP) is 4.34. The van der Waals surface area contributed by atoms with Crippen LogP contribution in [0.5, 0.6) is 0 Å². The van der Waals surface area contributed by atoms with Gasteiger partial charge in [0.1, 0.15) is 11.4 Å². The molecule has 2 fully saturated rings. The first-order chi connectivity index (χ1) is 18.9. The van der Waals surface area contributed by atoms with Gasteiger partial charge in [-0.3, -0.25) is 14.6 Å². The van der Waals surface area contributed by atoms with Gasteiger partial charge < -0.3 is 14.8 Å². The molecule has 39 heavy (non-hydrogen) atoms. The zero-order valence-electron chi connectivity index (χ0n) is 22.5. The van der Waals surface area contributed by atoms with Crippen molar-refractivity contribution in [3.05, 3.63) is 93.4 Å². The number of imidazole rings is 1. The van der Waals surface area contributed by atoms with E-state index in [0.29, 0.717) is 25.4 Å². The van der Waals surface area contributed by atoms with Crippen LogP contribution in [0.15, 0.2) is 59.7 Å². The highest BCUT2D eigenvalue weighted by molar-refractivity contribution is 5.94. The average Bonchev–Trinajstić information content (AvgIpc) is 3.55. The molecule has 0 bridgehead atoms. The van der Waals surface area contributed by atoms with Gasteiger partial charge in [0.05, 0.1) is 23.6 Å². The molecule has 6 rings (SSSR count). The summed E-state index contributed by atoms with van der Waals surface area (Å²) in [5.74, 6) is 1.10. The van der Waals surface area contributed by atoms with Gasteiger partial charge in [-0.05, 0) is 87.9 Å². The van der Waals surface area contributed by atoms with Gasteiger partial charge in [-0.15, -0.1) is 5.10 Å². The van der Waals surface area contributed by atoms with E-state index in [0.717, 1.165) is 34.1 Å². The molecule has 1 N–H and O–H groups in total. The minimum absolute atomic E-state index is 0. The average molecular weight is 526 g/mol. The van der Waals surface area contributed by atoms with Crippen molar-refractivity contribution in [1.82, 2.24) is 29.5 Å². The van der Waals surface area contributed by atoms with Gasteiger partial charge in [0.2, 0.25) is 0 Å². The number of carbonyl (C=O) groups excluding carboxylic acids is 1.